The van der Waals surface area contributed by atoms with Crippen molar-refractivity contribution >= 4 is 25.7 Å². The molecule has 0 aromatic rings. The maximum atomic E-state index is 14.3. The molecule has 0 spiro atoms. The molecule has 18 atom stereocenters. The lowest BCUT2D eigenvalue weighted by molar-refractivity contribution is -0.360. The fourth-order valence-electron chi connectivity index (χ4n) is 13.1. The molecule has 18 unspecified atom stereocenters. The van der Waals surface area contributed by atoms with E-state index in [4.69, 9.17) is 42.2 Å². The van der Waals surface area contributed by atoms with E-state index in [0.717, 1.165) is 89.9 Å². The summed E-state index contributed by atoms with van der Waals surface area (Å²) in [5.41, 5.74) is 0. The van der Waals surface area contributed by atoms with Crippen molar-refractivity contribution < 1.29 is 117 Å². The van der Waals surface area contributed by atoms with Gasteiger partial charge in [-0.1, -0.05) is 278 Å². The van der Waals surface area contributed by atoms with Gasteiger partial charge >= 0.3 is 25.7 Å². The fourth-order valence-corrected chi connectivity index (χ4v) is 14.0. The van der Waals surface area contributed by atoms with Gasteiger partial charge in [0.1, 0.15) is 98.7 Å². The van der Waals surface area contributed by atoms with Crippen LogP contribution in [-0.2, 0) is 61.2 Å². The maximum absolute atomic E-state index is 14.3. The van der Waals surface area contributed by atoms with Crippen LogP contribution in [0.3, 0.4) is 0 Å². The van der Waals surface area contributed by atoms with Crippen LogP contribution in [0.2, 0.25) is 0 Å². The van der Waals surface area contributed by atoms with Gasteiger partial charge in [0.2, 0.25) is 0 Å². The summed E-state index contributed by atoms with van der Waals surface area (Å²) in [4.78, 5) is 51.0. The Bertz CT molecular complexity index is 2030. The summed E-state index contributed by atoms with van der Waals surface area (Å²) in [7, 11) is -5.69. The number of ether oxygens (including phenoxy) is 7. The molecule has 0 radical (unpaired) electrons. The van der Waals surface area contributed by atoms with Crippen molar-refractivity contribution in [3.05, 3.63) is 0 Å². The highest BCUT2D eigenvalue weighted by molar-refractivity contribution is 7.47. The molecule has 0 aromatic heterocycles. The van der Waals surface area contributed by atoms with Crippen LogP contribution < -0.4 is 0 Å². The second-order valence-corrected chi connectivity index (χ2v) is 29.5. The smallest absolute Gasteiger partial charge is 0.463 e. The fraction of sp³-hybridized carbons (Fsp3) is 0.959. The molecule has 578 valence electrons. The first kappa shape index (κ1) is 90.2. The van der Waals surface area contributed by atoms with Gasteiger partial charge in [0.15, 0.2) is 18.7 Å². The number of phosphoric acid groups is 1. The first-order valence-electron chi connectivity index (χ1n) is 38.8. The lowest BCUT2D eigenvalue weighted by atomic mass is 9.84. The van der Waals surface area contributed by atoms with Crippen molar-refractivity contribution in [1.29, 1.82) is 0 Å². The van der Waals surface area contributed by atoms with Crippen molar-refractivity contribution in [2.75, 3.05) is 26.4 Å². The van der Waals surface area contributed by atoms with Gasteiger partial charge in [-0.2, -0.15) is 0 Å². The van der Waals surface area contributed by atoms with Gasteiger partial charge < -0.3 is 89.1 Å². The third kappa shape index (κ3) is 38.1. The van der Waals surface area contributed by atoms with Crippen LogP contribution in [0, 0.1) is 0 Å². The molecule has 1 aliphatic carbocycles. The van der Waals surface area contributed by atoms with Crippen LogP contribution in [0.15, 0.2) is 0 Å². The number of aliphatic hydroxyl groups is 10. The standard InChI is InChI=1S/C73H137O24P/c1-4-7-10-13-16-19-22-25-27-29-31-34-36-39-42-45-48-58(76)90-53-56-61(79)63(81)68(86)73(94-56)96-70-66(84)64(82)65(83)69(95-72-67(85)62(80)60(78)55(50-74)93-72)71(70)97-98(87,88)91-52-54(92-59(77)49-46-43-40-37-32-24-21-18-15-12-9-6-3)51-89-57(75)47-44-41-38-35-33-30-28-26-23-20-17-14-11-8-5-2/h54-56,60-74,78-86H,4-53H2,1-3H3,(H,87,88). The van der Waals surface area contributed by atoms with Gasteiger partial charge in [0.25, 0.3) is 0 Å². The predicted molar refractivity (Wildman–Crippen MR) is 370 cm³/mol. The van der Waals surface area contributed by atoms with E-state index < -0.39 is 156 Å². The second-order valence-electron chi connectivity index (χ2n) is 28.1. The normalized spacial score (nSPS) is 27.6. The number of aliphatic hydroxyl groups excluding tert-OH is 10. The number of esters is 3. The van der Waals surface area contributed by atoms with E-state index in [1.54, 1.807) is 0 Å². The molecule has 0 aromatic carbocycles. The van der Waals surface area contributed by atoms with Gasteiger partial charge in [-0.15, -0.1) is 0 Å². The van der Waals surface area contributed by atoms with Gasteiger partial charge in [-0.25, -0.2) is 4.57 Å². The predicted octanol–water partition coefficient (Wildman–Crippen LogP) is 11.0. The van der Waals surface area contributed by atoms with Crippen molar-refractivity contribution in [3.63, 3.8) is 0 Å². The largest absolute Gasteiger partial charge is 0.472 e. The molecule has 3 rings (SSSR count). The Morgan fingerprint density at radius 3 is 1.00 bits per heavy atom. The van der Waals surface area contributed by atoms with E-state index in [0.29, 0.717) is 19.3 Å². The van der Waals surface area contributed by atoms with Crippen molar-refractivity contribution in [3.8, 4) is 0 Å². The van der Waals surface area contributed by atoms with Crippen LogP contribution in [0.5, 0.6) is 0 Å². The number of unbranched alkanes of at least 4 members (excludes halogenated alkanes) is 40. The zero-order valence-corrected chi connectivity index (χ0v) is 61.2. The van der Waals surface area contributed by atoms with E-state index in [2.05, 4.69) is 20.8 Å². The first-order valence-corrected chi connectivity index (χ1v) is 40.3. The molecule has 11 N–H and O–H groups in total. The quantitative estimate of drug-likeness (QED) is 0.0117. The van der Waals surface area contributed by atoms with Gasteiger partial charge in [0, 0.05) is 19.3 Å². The molecule has 1 saturated carbocycles. The average Bonchev–Trinajstić information content (AvgIpc) is 0.763. The van der Waals surface area contributed by atoms with E-state index >= 15 is 0 Å². The Morgan fingerprint density at radius 1 is 0.357 bits per heavy atom. The summed E-state index contributed by atoms with van der Waals surface area (Å²) < 4.78 is 65.1. The van der Waals surface area contributed by atoms with Gasteiger partial charge in [0.05, 0.1) is 13.2 Å². The zero-order valence-electron chi connectivity index (χ0n) is 60.3. The third-order valence-corrected chi connectivity index (χ3v) is 20.4. The Labute approximate surface area is 587 Å². The van der Waals surface area contributed by atoms with Crippen LogP contribution in [0.1, 0.15) is 316 Å². The Hall–Kier alpha value is -2.04. The highest BCUT2D eigenvalue weighted by Crippen LogP contribution is 2.49. The summed E-state index contributed by atoms with van der Waals surface area (Å²) in [6, 6.07) is 0. The first-order chi connectivity index (χ1) is 47.3. The molecular formula is C73H137O24P. The van der Waals surface area contributed by atoms with E-state index in [9.17, 15) is 74.9 Å². The molecule has 25 heteroatoms. The van der Waals surface area contributed by atoms with Crippen LogP contribution in [0.4, 0.5) is 0 Å². The SMILES string of the molecule is CCCCCCCCCCCCCCCCCCC(=O)OCC1OC(OC2C(O)C(O)C(O)C(OC3OC(CO)C(O)C(O)C3O)C2OP(=O)(O)OCC(COC(=O)CCCCCCCCCCCCCCCCC)OC(=O)CCCCCCCCCCCCCC)C(O)C(O)C1O. The van der Waals surface area contributed by atoms with Crippen LogP contribution in [-0.4, -0.2) is 204 Å². The van der Waals surface area contributed by atoms with Crippen molar-refractivity contribution in [1.82, 2.24) is 0 Å². The van der Waals surface area contributed by atoms with Gasteiger partial charge in [-0.3, -0.25) is 23.4 Å². The molecule has 2 heterocycles. The lowest BCUT2D eigenvalue weighted by Crippen LogP contribution is -2.69. The molecule has 24 nitrogen and oxygen atoms in total. The van der Waals surface area contributed by atoms with Crippen LogP contribution in [0.25, 0.3) is 0 Å². The zero-order chi connectivity index (χ0) is 71.8. The molecule has 3 fully saturated rings. The molecular weight excluding hydrogens is 1290 g/mol. The number of carbonyl (C=O) groups excluding carboxylic acids is 3. The van der Waals surface area contributed by atoms with E-state index in [-0.39, 0.29) is 19.3 Å². The summed E-state index contributed by atoms with van der Waals surface area (Å²) in [5.74, 6) is -1.97. The molecule has 2 saturated heterocycles. The van der Waals surface area contributed by atoms with Gasteiger partial charge in [-0.05, 0) is 19.3 Å². The second kappa shape index (κ2) is 55.4. The minimum Gasteiger partial charge on any atom is -0.463 e. The molecule has 98 heavy (non-hydrogen) atoms. The minimum absolute atomic E-state index is 0.0336. The highest BCUT2D eigenvalue weighted by atomic mass is 31.2. The molecule has 3 aliphatic rings. The third-order valence-electron chi connectivity index (χ3n) is 19.4. The van der Waals surface area contributed by atoms with Crippen LogP contribution >= 0.6 is 7.82 Å². The summed E-state index contributed by atoms with van der Waals surface area (Å²) in [6.07, 6.45) is 13.0. The monoisotopic (exact) mass is 1430 g/mol. The summed E-state index contributed by atoms with van der Waals surface area (Å²) in [5, 5.41) is 110. The molecule has 2 aliphatic heterocycles. The Morgan fingerprint density at radius 2 is 0.653 bits per heavy atom. The van der Waals surface area contributed by atoms with E-state index in [1.165, 1.54) is 167 Å². The van der Waals surface area contributed by atoms with Crippen molar-refractivity contribution in [2.24, 2.45) is 0 Å². The summed E-state index contributed by atoms with van der Waals surface area (Å²) in [6.45, 7) is 3.48. The topological polar surface area (TPSA) is 374 Å². The number of hydrogen-bond donors (Lipinski definition) is 11. The molecule has 0 amide bonds. The average molecular weight is 1430 g/mol. The number of phosphoric ester groups is 1. The lowest BCUT2D eigenvalue weighted by Gasteiger charge is -2.49. The maximum Gasteiger partial charge on any atom is 0.472 e. The summed E-state index contributed by atoms with van der Waals surface area (Å²) >= 11 is 0. The number of rotatable bonds is 61. The van der Waals surface area contributed by atoms with E-state index in [1.807, 2.05) is 0 Å². The molecule has 0 bridgehead atoms. The minimum atomic E-state index is -5.69. The Balaban J connectivity index is 1.71. The Kier molecular flexibility index (Phi) is 51.0. The highest BCUT2D eigenvalue weighted by Gasteiger charge is 2.58. The number of carbonyl (C=O) groups is 3. The van der Waals surface area contributed by atoms with Crippen molar-refractivity contribution in [2.45, 2.75) is 420 Å². The number of hydrogen-bond acceptors (Lipinski definition) is 23.